The fourth-order valence-corrected chi connectivity index (χ4v) is 1.75. The van der Waals surface area contributed by atoms with Crippen molar-refractivity contribution in [2.45, 2.75) is 26.2 Å². The molecule has 72 valence electrons. The lowest BCUT2D eigenvalue weighted by atomic mass is 9.96. The van der Waals surface area contributed by atoms with Crippen LogP contribution in [0.4, 0.5) is 0 Å². The Morgan fingerprint density at radius 1 is 1.54 bits per heavy atom. The van der Waals surface area contributed by atoms with Crippen LogP contribution in [0.2, 0.25) is 0 Å². The van der Waals surface area contributed by atoms with E-state index in [1.54, 1.807) is 13.2 Å². The van der Waals surface area contributed by atoms with Gasteiger partial charge in [0.25, 0.3) is 5.91 Å². The van der Waals surface area contributed by atoms with Crippen LogP contribution in [0.1, 0.15) is 35.5 Å². The Balaban J connectivity index is 2.93. The molecule has 0 bridgehead atoms. The predicted octanol–water partition coefficient (Wildman–Crippen LogP) is 1.80. The third-order valence-electron chi connectivity index (χ3n) is 1.67. The first-order valence-electron chi connectivity index (χ1n) is 4.13. The van der Waals surface area contributed by atoms with Crippen molar-refractivity contribution < 1.29 is 4.79 Å². The smallest absolute Gasteiger partial charge is 0.280 e. The molecule has 0 fully saturated rings. The molecule has 0 aliphatic rings. The van der Waals surface area contributed by atoms with Crippen LogP contribution in [0, 0.1) is 0 Å². The third-order valence-corrected chi connectivity index (χ3v) is 3.09. The van der Waals surface area contributed by atoms with E-state index < -0.39 is 0 Å². The average molecular weight is 198 g/mol. The summed E-state index contributed by atoms with van der Waals surface area (Å²) in [7, 11) is 1.61. The van der Waals surface area contributed by atoms with E-state index in [9.17, 15) is 4.79 Å². The molecule has 1 aromatic rings. The molecule has 1 aromatic heterocycles. The molecule has 0 atom stereocenters. The largest absolute Gasteiger partial charge is 0.353 e. The quantitative estimate of drug-likeness (QED) is 0.747. The van der Waals surface area contributed by atoms with Crippen molar-refractivity contribution in [3.63, 3.8) is 0 Å². The van der Waals surface area contributed by atoms with Crippen LogP contribution in [0.5, 0.6) is 0 Å². The van der Waals surface area contributed by atoms with Crippen LogP contribution in [-0.4, -0.2) is 17.9 Å². The van der Waals surface area contributed by atoms with Gasteiger partial charge in [0.05, 0.1) is 0 Å². The number of thiazole rings is 1. The van der Waals surface area contributed by atoms with Gasteiger partial charge in [0.1, 0.15) is 0 Å². The van der Waals surface area contributed by atoms with Gasteiger partial charge >= 0.3 is 0 Å². The van der Waals surface area contributed by atoms with Crippen molar-refractivity contribution in [3.8, 4) is 0 Å². The lowest BCUT2D eigenvalue weighted by molar-refractivity contribution is 0.0962. The number of carbonyl (C=O) groups excluding carboxylic acids is 1. The highest BCUT2D eigenvalue weighted by Crippen LogP contribution is 2.27. The van der Waals surface area contributed by atoms with Gasteiger partial charge < -0.3 is 5.32 Å². The molecule has 4 heteroatoms. The number of rotatable bonds is 1. The van der Waals surface area contributed by atoms with Crippen LogP contribution < -0.4 is 5.32 Å². The van der Waals surface area contributed by atoms with Crippen LogP contribution in [0.3, 0.4) is 0 Å². The highest BCUT2D eigenvalue weighted by molar-refractivity contribution is 7.13. The van der Waals surface area contributed by atoms with Gasteiger partial charge in [-0.05, 0) is 5.41 Å². The Bertz CT molecular complexity index is 312. The monoisotopic (exact) mass is 198 g/mol. The summed E-state index contributed by atoms with van der Waals surface area (Å²) < 4.78 is 0. The summed E-state index contributed by atoms with van der Waals surface area (Å²) in [6.45, 7) is 6.32. The lowest BCUT2D eigenvalue weighted by Crippen LogP contribution is -2.17. The van der Waals surface area contributed by atoms with Gasteiger partial charge in [0.15, 0.2) is 5.01 Å². The third kappa shape index (κ3) is 2.28. The van der Waals surface area contributed by atoms with Gasteiger partial charge in [-0.1, -0.05) is 20.8 Å². The van der Waals surface area contributed by atoms with Gasteiger partial charge in [0, 0.05) is 18.1 Å². The zero-order valence-corrected chi connectivity index (χ0v) is 9.16. The fraction of sp³-hybridized carbons (Fsp3) is 0.556. The molecule has 1 N–H and O–H groups in total. The van der Waals surface area contributed by atoms with E-state index in [1.807, 2.05) is 0 Å². The first kappa shape index (κ1) is 10.2. The Hall–Kier alpha value is -0.900. The number of hydrogen-bond acceptors (Lipinski definition) is 3. The van der Waals surface area contributed by atoms with Crippen LogP contribution in [0.25, 0.3) is 0 Å². The van der Waals surface area contributed by atoms with E-state index >= 15 is 0 Å². The van der Waals surface area contributed by atoms with Crippen molar-refractivity contribution in [3.05, 3.63) is 16.1 Å². The van der Waals surface area contributed by atoms with E-state index in [0.717, 1.165) is 4.88 Å². The molecule has 0 saturated heterocycles. The minimum absolute atomic E-state index is 0.0734. The maximum atomic E-state index is 11.2. The second kappa shape index (κ2) is 3.46. The van der Waals surface area contributed by atoms with E-state index in [2.05, 4.69) is 31.1 Å². The molecular formula is C9H14N2OS. The number of carbonyl (C=O) groups is 1. The average Bonchev–Trinajstić information content (AvgIpc) is 2.50. The summed E-state index contributed by atoms with van der Waals surface area (Å²) in [6, 6.07) is 0. The lowest BCUT2D eigenvalue weighted by Gasteiger charge is -2.14. The Morgan fingerprint density at radius 3 is 2.54 bits per heavy atom. The van der Waals surface area contributed by atoms with Gasteiger partial charge in [-0.25, -0.2) is 4.98 Å². The molecule has 0 aromatic carbocycles. The summed E-state index contributed by atoms with van der Waals surface area (Å²) in [5, 5.41) is 3.09. The maximum Gasteiger partial charge on any atom is 0.280 e. The molecule has 1 amide bonds. The van der Waals surface area contributed by atoms with Crippen LogP contribution in [0.15, 0.2) is 6.20 Å². The van der Waals surface area contributed by atoms with Crippen LogP contribution >= 0.6 is 11.3 Å². The molecule has 0 radical (unpaired) electrons. The number of hydrogen-bond donors (Lipinski definition) is 1. The zero-order valence-electron chi connectivity index (χ0n) is 8.34. The molecule has 0 spiro atoms. The van der Waals surface area contributed by atoms with E-state index in [-0.39, 0.29) is 11.3 Å². The van der Waals surface area contributed by atoms with E-state index in [1.165, 1.54) is 11.3 Å². The minimum Gasteiger partial charge on any atom is -0.353 e. The molecule has 1 rings (SSSR count). The van der Waals surface area contributed by atoms with Gasteiger partial charge in [-0.2, -0.15) is 0 Å². The fourth-order valence-electron chi connectivity index (χ4n) is 0.833. The highest BCUT2D eigenvalue weighted by Gasteiger charge is 2.18. The summed E-state index contributed by atoms with van der Waals surface area (Å²) in [5.74, 6) is -0.111. The highest BCUT2D eigenvalue weighted by atomic mass is 32.1. The van der Waals surface area contributed by atoms with Crippen LogP contribution in [-0.2, 0) is 5.41 Å². The molecule has 0 unspecified atom stereocenters. The standard InChI is InChI=1S/C9H14N2OS/c1-9(2,3)6-5-11-8(13-6)7(12)10-4/h5H,1-4H3,(H,10,12). The summed E-state index contributed by atoms with van der Waals surface area (Å²) in [6.07, 6.45) is 1.77. The first-order valence-corrected chi connectivity index (χ1v) is 4.95. The van der Waals surface area contributed by atoms with Gasteiger partial charge in [-0.3, -0.25) is 4.79 Å². The van der Waals surface area contributed by atoms with Gasteiger partial charge in [0.2, 0.25) is 0 Å². The number of nitrogens with zero attached hydrogens (tertiary/aromatic N) is 1. The maximum absolute atomic E-state index is 11.2. The van der Waals surface area contributed by atoms with Crippen molar-refractivity contribution in [2.24, 2.45) is 0 Å². The van der Waals surface area contributed by atoms with E-state index in [0.29, 0.717) is 5.01 Å². The van der Waals surface area contributed by atoms with Crippen molar-refractivity contribution >= 4 is 17.2 Å². The normalized spacial score (nSPS) is 11.4. The Morgan fingerprint density at radius 2 is 2.15 bits per heavy atom. The second-order valence-corrected chi connectivity index (χ2v) is 4.89. The predicted molar refractivity (Wildman–Crippen MR) is 54.2 cm³/mol. The molecule has 3 nitrogen and oxygen atoms in total. The molecule has 13 heavy (non-hydrogen) atoms. The number of nitrogens with one attached hydrogen (secondary N) is 1. The topological polar surface area (TPSA) is 42.0 Å². The first-order chi connectivity index (χ1) is 5.95. The second-order valence-electron chi connectivity index (χ2n) is 3.86. The number of aromatic nitrogens is 1. The Labute approximate surface area is 82.2 Å². The SMILES string of the molecule is CNC(=O)c1ncc(C(C)(C)C)s1. The zero-order chi connectivity index (χ0) is 10.1. The molecule has 0 saturated carbocycles. The summed E-state index contributed by atoms with van der Waals surface area (Å²) in [5.41, 5.74) is 0.0734. The molecule has 0 aliphatic carbocycles. The van der Waals surface area contributed by atoms with Crippen molar-refractivity contribution in [1.29, 1.82) is 0 Å². The van der Waals surface area contributed by atoms with Crippen molar-refractivity contribution in [2.75, 3.05) is 7.05 Å². The minimum atomic E-state index is -0.111. The molecule has 0 aliphatic heterocycles. The molecular weight excluding hydrogens is 184 g/mol. The number of amides is 1. The van der Waals surface area contributed by atoms with Gasteiger partial charge in [-0.15, -0.1) is 11.3 Å². The summed E-state index contributed by atoms with van der Waals surface area (Å²) >= 11 is 1.45. The molecule has 1 heterocycles. The summed E-state index contributed by atoms with van der Waals surface area (Å²) in [4.78, 5) is 16.4. The van der Waals surface area contributed by atoms with Crippen molar-refractivity contribution in [1.82, 2.24) is 10.3 Å². The Kier molecular flexibility index (Phi) is 2.71. The van der Waals surface area contributed by atoms with E-state index in [4.69, 9.17) is 0 Å².